The zero-order valence-corrected chi connectivity index (χ0v) is 25.1. The van der Waals surface area contributed by atoms with Gasteiger partial charge in [0.25, 0.3) is 0 Å². The van der Waals surface area contributed by atoms with E-state index >= 15 is 0 Å². The quantitative estimate of drug-likeness (QED) is 0.200. The monoisotopic (exact) mass is 609 g/mol. The second kappa shape index (κ2) is 11.2. The minimum Gasteiger partial charge on any atom is -0.323 e. The lowest BCUT2D eigenvalue weighted by molar-refractivity contribution is -0.124. The van der Waals surface area contributed by atoms with Gasteiger partial charge in [-0.1, -0.05) is 84.4 Å². The van der Waals surface area contributed by atoms with Gasteiger partial charge in [-0.05, 0) is 59.8 Å². The van der Waals surface area contributed by atoms with Crippen LogP contribution in [0.1, 0.15) is 24.2 Å². The van der Waals surface area contributed by atoms with Crippen molar-refractivity contribution in [2.75, 3.05) is 21.6 Å². The highest BCUT2D eigenvalue weighted by Gasteiger charge is 2.31. The first-order chi connectivity index (χ1) is 20.7. The largest absolute Gasteiger partial charge is 0.323 e. The molecule has 2 amide bonds. The molecule has 1 aliphatic heterocycles. The maximum atomic E-state index is 13.9. The van der Waals surface area contributed by atoms with Crippen molar-refractivity contribution in [1.29, 1.82) is 0 Å². The summed E-state index contributed by atoms with van der Waals surface area (Å²) in [5.41, 5.74) is 4.21. The lowest BCUT2D eigenvalue weighted by Gasteiger charge is -2.27. The molecule has 6 rings (SSSR count). The molecule has 0 fully saturated rings. The van der Waals surface area contributed by atoms with Crippen LogP contribution in [0, 0.1) is 0 Å². The summed E-state index contributed by atoms with van der Waals surface area (Å²) in [5.74, 6) is -0.774. The third kappa shape index (κ3) is 5.13. The molecule has 1 N–H and O–H groups in total. The number of carbonyl (C=O) groups excluding carboxylic acids is 2. The van der Waals surface area contributed by atoms with E-state index < -0.39 is 21.2 Å². The zero-order valence-electron chi connectivity index (χ0n) is 23.5. The van der Waals surface area contributed by atoms with Crippen LogP contribution in [0.15, 0.2) is 109 Å². The first kappa shape index (κ1) is 28.5. The molecule has 0 saturated carbocycles. The van der Waals surface area contributed by atoms with Crippen LogP contribution in [0.4, 0.5) is 22.7 Å². The second-order valence-corrected chi connectivity index (χ2v) is 13.1. The number of carbonyl (C=O) groups is 2. The Morgan fingerprint density at radius 3 is 2.21 bits per heavy atom. The third-order valence-corrected chi connectivity index (χ3v) is 10.3. The molecule has 5 aromatic carbocycles. The number of fused-ring (bicyclic) bond motifs is 3. The van der Waals surface area contributed by atoms with Crippen LogP contribution in [0.3, 0.4) is 0 Å². The van der Waals surface area contributed by atoms with E-state index in [0.29, 0.717) is 33.3 Å². The first-order valence-electron chi connectivity index (χ1n) is 13.7. The molecule has 0 radical (unpaired) electrons. The summed E-state index contributed by atoms with van der Waals surface area (Å²) in [6.07, 6.45) is -0.318. The minimum atomic E-state index is -3.87. The van der Waals surface area contributed by atoms with Crippen LogP contribution >= 0.6 is 11.6 Å². The standard InChI is InChI=1S/C34H28ClN3O4S/c1-22(26-10-5-6-12-28(26)29-13-7-8-14-30(29)35)43(41,42)37(2)24-16-18-25(19-17-24)38-31-20-15-23-9-3-4-11-27(23)34(31)36-32(39)21-33(38)40/h3-20,22H,21H2,1-2H3,(H,36,39). The zero-order chi connectivity index (χ0) is 30.3. The highest BCUT2D eigenvalue weighted by atomic mass is 35.5. The van der Waals surface area contributed by atoms with Crippen LogP contribution < -0.4 is 14.5 Å². The third-order valence-electron chi connectivity index (χ3n) is 7.84. The number of nitrogens with one attached hydrogen (secondary N) is 1. The van der Waals surface area contributed by atoms with Crippen LogP contribution in [0.25, 0.3) is 21.9 Å². The van der Waals surface area contributed by atoms with Gasteiger partial charge in [0.05, 0.1) is 17.1 Å². The van der Waals surface area contributed by atoms with Crippen LogP contribution in [0.2, 0.25) is 5.02 Å². The number of sulfonamides is 1. The van der Waals surface area contributed by atoms with E-state index in [1.807, 2.05) is 72.8 Å². The predicted molar refractivity (Wildman–Crippen MR) is 173 cm³/mol. The van der Waals surface area contributed by atoms with Gasteiger partial charge >= 0.3 is 0 Å². The van der Waals surface area contributed by atoms with Crippen molar-refractivity contribution in [2.24, 2.45) is 0 Å². The predicted octanol–water partition coefficient (Wildman–Crippen LogP) is 7.69. The van der Waals surface area contributed by atoms with Crippen molar-refractivity contribution in [3.63, 3.8) is 0 Å². The van der Waals surface area contributed by atoms with E-state index in [1.54, 1.807) is 43.3 Å². The molecular weight excluding hydrogens is 582 g/mol. The molecule has 0 saturated heterocycles. The molecule has 7 nitrogen and oxygen atoms in total. The van der Waals surface area contributed by atoms with E-state index in [-0.39, 0.29) is 12.3 Å². The van der Waals surface area contributed by atoms with E-state index in [0.717, 1.165) is 21.9 Å². The van der Waals surface area contributed by atoms with Crippen molar-refractivity contribution in [2.45, 2.75) is 18.6 Å². The number of amides is 2. The summed E-state index contributed by atoms with van der Waals surface area (Å²) < 4.78 is 29.0. The maximum Gasteiger partial charge on any atom is 0.241 e. The number of benzene rings is 5. The molecular formula is C34H28ClN3O4S. The van der Waals surface area contributed by atoms with Crippen LogP contribution in [-0.4, -0.2) is 27.3 Å². The Bertz CT molecular complexity index is 1990. The Kier molecular flexibility index (Phi) is 7.42. The lowest BCUT2D eigenvalue weighted by Crippen LogP contribution is -2.31. The van der Waals surface area contributed by atoms with Crippen molar-refractivity contribution >= 4 is 67.0 Å². The van der Waals surface area contributed by atoms with Gasteiger partial charge in [0.2, 0.25) is 21.8 Å². The number of nitrogens with zero attached hydrogens (tertiary/aromatic N) is 2. The Hall–Kier alpha value is -4.66. The van der Waals surface area contributed by atoms with Gasteiger partial charge in [0, 0.05) is 28.7 Å². The summed E-state index contributed by atoms with van der Waals surface area (Å²) in [7, 11) is -2.35. The van der Waals surface area contributed by atoms with Gasteiger partial charge < -0.3 is 5.32 Å². The molecule has 0 aliphatic carbocycles. The number of hydrogen-bond donors (Lipinski definition) is 1. The smallest absolute Gasteiger partial charge is 0.241 e. The molecule has 43 heavy (non-hydrogen) atoms. The van der Waals surface area contributed by atoms with Crippen molar-refractivity contribution in [3.8, 4) is 11.1 Å². The highest BCUT2D eigenvalue weighted by Crippen LogP contribution is 2.41. The molecule has 1 atom stereocenters. The molecule has 0 spiro atoms. The molecule has 216 valence electrons. The molecule has 5 aromatic rings. The van der Waals surface area contributed by atoms with Crippen LogP contribution in [0.5, 0.6) is 0 Å². The fraction of sp³-hybridized carbons (Fsp3) is 0.118. The Morgan fingerprint density at radius 2 is 1.47 bits per heavy atom. The van der Waals surface area contributed by atoms with Crippen LogP contribution in [-0.2, 0) is 19.6 Å². The topological polar surface area (TPSA) is 86.8 Å². The van der Waals surface area contributed by atoms with Gasteiger partial charge in [-0.25, -0.2) is 8.42 Å². The van der Waals surface area contributed by atoms with E-state index in [2.05, 4.69) is 5.32 Å². The SMILES string of the molecule is CC(c1ccccc1-c1ccccc1Cl)S(=O)(=O)N(C)c1ccc(N2C(=O)CC(=O)Nc3c2ccc2ccccc32)cc1. The van der Waals surface area contributed by atoms with Crippen molar-refractivity contribution in [3.05, 3.63) is 120 Å². The lowest BCUT2D eigenvalue weighted by atomic mass is 9.98. The Labute approximate surface area is 255 Å². The van der Waals surface area contributed by atoms with E-state index in [1.165, 1.54) is 16.3 Å². The maximum absolute atomic E-state index is 13.9. The highest BCUT2D eigenvalue weighted by molar-refractivity contribution is 7.93. The Morgan fingerprint density at radius 1 is 0.814 bits per heavy atom. The van der Waals surface area contributed by atoms with Gasteiger partial charge in [0.15, 0.2) is 0 Å². The normalized spacial score (nSPS) is 14.2. The van der Waals surface area contributed by atoms with E-state index in [9.17, 15) is 18.0 Å². The fourth-order valence-corrected chi connectivity index (χ4v) is 7.18. The van der Waals surface area contributed by atoms with Crippen molar-refractivity contribution in [1.82, 2.24) is 0 Å². The summed E-state index contributed by atoms with van der Waals surface area (Å²) in [5, 5.41) is 4.31. The molecule has 9 heteroatoms. The molecule has 1 heterocycles. The van der Waals surface area contributed by atoms with E-state index in [4.69, 9.17) is 11.6 Å². The second-order valence-electron chi connectivity index (χ2n) is 10.4. The summed E-state index contributed by atoms with van der Waals surface area (Å²) in [4.78, 5) is 27.4. The number of rotatable bonds is 6. The molecule has 1 aliphatic rings. The molecule has 1 unspecified atom stereocenters. The molecule has 0 bridgehead atoms. The average Bonchev–Trinajstić information content (AvgIpc) is 3.15. The van der Waals surface area contributed by atoms with Gasteiger partial charge in [-0.2, -0.15) is 0 Å². The summed E-state index contributed by atoms with van der Waals surface area (Å²) in [6.45, 7) is 1.66. The van der Waals surface area contributed by atoms with Crippen molar-refractivity contribution < 1.29 is 18.0 Å². The van der Waals surface area contributed by atoms with Gasteiger partial charge in [0.1, 0.15) is 11.7 Å². The summed E-state index contributed by atoms with van der Waals surface area (Å²) in [6, 6.07) is 32.8. The molecule has 0 aromatic heterocycles. The minimum absolute atomic E-state index is 0.318. The number of halogens is 1. The summed E-state index contributed by atoms with van der Waals surface area (Å²) >= 11 is 6.47. The fourth-order valence-electron chi connectivity index (χ4n) is 5.53. The first-order valence-corrected chi connectivity index (χ1v) is 15.6. The Balaban J connectivity index is 1.34. The van der Waals surface area contributed by atoms with Gasteiger partial charge in [-0.3, -0.25) is 18.8 Å². The average molecular weight is 610 g/mol. The number of hydrogen-bond acceptors (Lipinski definition) is 4. The number of anilines is 4. The van der Waals surface area contributed by atoms with Gasteiger partial charge in [-0.15, -0.1) is 0 Å².